The van der Waals surface area contributed by atoms with Gasteiger partial charge in [-0.3, -0.25) is 5.43 Å². The first-order valence-corrected chi connectivity index (χ1v) is 10.6. The minimum Gasteiger partial charge on any atom is -0.493 e. The summed E-state index contributed by atoms with van der Waals surface area (Å²) in [5, 5.41) is 8.03. The lowest BCUT2D eigenvalue weighted by Crippen LogP contribution is -2.40. The number of methoxy groups -OCH3 is 2. The van der Waals surface area contributed by atoms with Crippen molar-refractivity contribution in [3.63, 3.8) is 0 Å². The van der Waals surface area contributed by atoms with Crippen LogP contribution in [-0.4, -0.2) is 37.6 Å². The van der Waals surface area contributed by atoms with Gasteiger partial charge in [-0.25, -0.2) is 4.79 Å². The van der Waals surface area contributed by atoms with E-state index in [1.54, 1.807) is 37.6 Å². The number of nitrogens with one attached hydrogen (secondary N) is 2. The third-order valence-electron chi connectivity index (χ3n) is 4.93. The van der Waals surface area contributed by atoms with E-state index in [1.807, 2.05) is 6.07 Å². The van der Waals surface area contributed by atoms with Crippen molar-refractivity contribution in [3.8, 4) is 11.5 Å². The van der Waals surface area contributed by atoms with Gasteiger partial charge in [0.25, 0.3) is 0 Å². The van der Waals surface area contributed by atoms with Crippen LogP contribution in [0.5, 0.6) is 11.5 Å². The van der Waals surface area contributed by atoms with E-state index in [2.05, 4.69) is 20.6 Å². The zero-order valence-electron chi connectivity index (χ0n) is 17.7. The summed E-state index contributed by atoms with van der Waals surface area (Å²) in [4.78, 5) is 11.5. The summed E-state index contributed by atoms with van der Waals surface area (Å²) >= 11 is 5.31. The lowest BCUT2D eigenvalue weighted by Gasteiger charge is -2.23. The molecule has 0 amide bonds. The van der Waals surface area contributed by atoms with Crippen molar-refractivity contribution in [3.05, 3.63) is 47.4 Å². The first-order chi connectivity index (χ1) is 15.1. The molecule has 2 aromatic rings. The Morgan fingerprint density at radius 1 is 1.19 bits per heavy atom. The summed E-state index contributed by atoms with van der Waals surface area (Å²) in [6.45, 7) is 0.142. The van der Waals surface area contributed by atoms with Gasteiger partial charge < -0.3 is 23.9 Å². The van der Waals surface area contributed by atoms with Crippen molar-refractivity contribution < 1.29 is 23.4 Å². The van der Waals surface area contributed by atoms with Gasteiger partial charge >= 0.3 is 5.97 Å². The van der Waals surface area contributed by atoms with Crippen molar-refractivity contribution in [2.75, 3.05) is 14.2 Å². The predicted molar refractivity (Wildman–Crippen MR) is 121 cm³/mol. The van der Waals surface area contributed by atoms with Crippen LogP contribution in [0.4, 0.5) is 0 Å². The molecule has 0 spiro atoms. The van der Waals surface area contributed by atoms with E-state index in [1.165, 1.54) is 26.4 Å². The molecule has 0 saturated heterocycles. The minimum atomic E-state index is -0.533. The maximum absolute atomic E-state index is 11.5. The SMILES string of the molecule is COC(=O)c1ccc(COc2ccc(/C=N/NC(=S)NC3CCCCC3)cc2OC)o1. The van der Waals surface area contributed by atoms with E-state index in [0.29, 0.717) is 28.4 Å². The molecule has 0 atom stereocenters. The Kier molecular flexibility index (Phi) is 8.28. The number of hydrogen-bond donors (Lipinski definition) is 2. The first-order valence-electron chi connectivity index (χ1n) is 10.2. The van der Waals surface area contributed by atoms with Crippen LogP contribution in [0.15, 0.2) is 39.9 Å². The molecule has 2 N–H and O–H groups in total. The molecule has 1 aliphatic carbocycles. The van der Waals surface area contributed by atoms with E-state index in [-0.39, 0.29) is 12.4 Å². The molecular formula is C22H27N3O5S. The molecule has 1 heterocycles. The van der Waals surface area contributed by atoms with Crippen LogP contribution in [0.3, 0.4) is 0 Å². The van der Waals surface area contributed by atoms with Crippen LogP contribution in [0.25, 0.3) is 0 Å². The second-order valence-corrected chi connectivity index (χ2v) is 7.54. The van der Waals surface area contributed by atoms with Crippen molar-refractivity contribution in [1.29, 1.82) is 0 Å². The van der Waals surface area contributed by atoms with Crippen LogP contribution in [0.1, 0.15) is 54.0 Å². The number of thiocarbonyl (C=S) groups is 1. The summed E-state index contributed by atoms with van der Waals surface area (Å²) in [6.07, 6.45) is 7.73. The summed E-state index contributed by atoms with van der Waals surface area (Å²) in [6, 6.07) is 9.07. The molecule has 0 unspecified atom stereocenters. The fourth-order valence-corrected chi connectivity index (χ4v) is 3.55. The second-order valence-electron chi connectivity index (χ2n) is 7.13. The highest BCUT2D eigenvalue weighted by molar-refractivity contribution is 7.80. The monoisotopic (exact) mass is 445 g/mol. The lowest BCUT2D eigenvalue weighted by atomic mass is 9.96. The number of carbonyl (C=O) groups excluding carboxylic acids is 1. The van der Waals surface area contributed by atoms with Crippen molar-refractivity contribution >= 4 is 29.5 Å². The second kappa shape index (κ2) is 11.4. The van der Waals surface area contributed by atoms with Gasteiger partial charge in [0.1, 0.15) is 12.4 Å². The smallest absolute Gasteiger partial charge is 0.373 e. The molecule has 8 nitrogen and oxygen atoms in total. The molecule has 0 radical (unpaired) electrons. The molecule has 3 rings (SSSR count). The highest BCUT2D eigenvalue weighted by Gasteiger charge is 2.14. The average molecular weight is 446 g/mol. The van der Waals surface area contributed by atoms with E-state index in [9.17, 15) is 4.79 Å². The largest absolute Gasteiger partial charge is 0.493 e. The zero-order chi connectivity index (χ0) is 22.1. The highest BCUT2D eigenvalue weighted by atomic mass is 32.1. The number of benzene rings is 1. The van der Waals surface area contributed by atoms with Gasteiger partial charge in [0.05, 0.1) is 20.4 Å². The summed E-state index contributed by atoms with van der Waals surface area (Å²) < 4.78 is 21.2. The molecular weight excluding hydrogens is 418 g/mol. The molecule has 1 aliphatic rings. The molecule has 1 fully saturated rings. The lowest BCUT2D eigenvalue weighted by molar-refractivity contribution is 0.0561. The van der Waals surface area contributed by atoms with E-state index < -0.39 is 5.97 Å². The Balaban J connectivity index is 1.52. The molecule has 0 aliphatic heterocycles. The van der Waals surface area contributed by atoms with Crippen LogP contribution < -0.4 is 20.2 Å². The van der Waals surface area contributed by atoms with Gasteiger partial charge in [-0.15, -0.1) is 0 Å². The van der Waals surface area contributed by atoms with Crippen molar-refractivity contribution in [1.82, 2.24) is 10.7 Å². The van der Waals surface area contributed by atoms with Crippen LogP contribution in [0, 0.1) is 0 Å². The third kappa shape index (κ3) is 6.71. The average Bonchev–Trinajstić information content (AvgIpc) is 3.27. The van der Waals surface area contributed by atoms with Crippen molar-refractivity contribution in [2.24, 2.45) is 5.10 Å². The fraction of sp³-hybridized carbons (Fsp3) is 0.409. The number of furan rings is 1. The third-order valence-corrected chi connectivity index (χ3v) is 5.14. The Bertz CT molecular complexity index is 922. The fourth-order valence-electron chi connectivity index (χ4n) is 3.33. The summed E-state index contributed by atoms with van der Waals surface area (Å²) in [5.74, 6) is 1.18. The van der Waals surface area contributed by atoms with Crippen molar-refractivity contribution in [2.45, 2.75) is 44.8 Å². The highest BCUT2D eigenvalue weighted by Crippen LogP contribution is 2.28. The Labute approximate surface area is 186 Å². The topological polar surface area (TPSA) is 94.3 Å². The molecule has 1 aromatic carbocycles. The van der Waals surface area contributed by atoms with Gasteiger partial charge in [-0.1, -0.05) is 19.3 Å². The van der Waals surface area contributed by atoms with Crippen LogP contribution >= 0.6 is 12.2 Å². The number of rotatable bonds is 8. The van der Waals surface area contributed by atoms with E-state index >= 15 is 0 Å². The Morgan fingerprint density at radius 2 is 2.00 bits per heavy atom. The zero-order valence-corrected chi connectivity index (χ0v) is 18.5. The van der Waals surface area contributed by atoms with Gasteiger partial charge in [0.2, 0.25) is 5.76 Å². The van der Waals surface area contributed by atoms with Crippen LogP contribution in [-0.2, 0) is 11.3 Å². The van der Waals surface area contributed by atoms with Gasteiger partial charge in [0, 0.05) is 6.04 Å². The Morgan fingerprint density at radius 3 is 2.74 bits per heavy atom. The maximum Gasteiger partial charge on any atom is 0.373 e. The molecule has 1 aromatic heterocycles. The number of hydrogen-bond acceptors (Lipinski definition) is 7. The molecule has 166 valence electrons. The van der Waals surface area contributed by atoms with Gasteiger partial charge in [0.15, 0.2) is 16.6 Å². The number of nitrogens with zero attached hydrogens (tertiary/aromatic N) is 1. The van der Waals surface area contributed by atoms with E-state index in [0.717, 1.165) is 18.4 Å². The predicted octanol–water partition coefficient (Wildman–Crippen LogP) is 3.78. The number of carbonyl (C=O) groups is 1. The summed E-state index contributed by atoms with van der Waals surface area (Å²) in [7, 11) is 2.86. The molecule has 9 heteroatoms. The first kappa shape index (κ1) is 22.6. The molecule has 0 bridgehead atoms. The maximum atomic E-state index is 11.5. The van der Waals surface area contributed by atoms with Gasteiger partial charge in [-0.05, 0) is 61.0 Å². The number of esters is 1. The number of ether oxygens (including phenoxy) is 3. The summed E-state index contributed by atoms with van der Waals surface area (Å²) in [5.41, 5.74) is 3.68. The minimum absolute atomic E-state index is 0.128. The number of hydrazone groups is 1. The quantitative estimate of drug-likeness (QED) is 0.274. The molecule has 31 heavy (non-hydrogen) atoms. The van der Waals surface area contributed by atoms with Crippen LogP contribution in [0.2, 0.25) is 0 Å². The van der Waals surface area contributed by atoms with Gasteiger partial charge in [-0.2, -0.15) is 5.10 Å². The standard InChI is InChI=1S/C22H27N3O5S/c1-27-20-12-15(13-23-25-22(31)24-16-6-4-3-5-7-16)8-10-18(20)29-14-17-9-11-19(30-17)21(26)28-2/h8-13,16H,3-7,14H2,1-2H3,(H2,24,25,31)/b23-13+. The Hall–Kier alpha value is -3.07. The normalized spacial score (nSPS) is 14.3. The van der Waals surface area contributed by atoms with E-state index in [4.69, 9.17) is 26.1 Å². The molecule has 1 saturated carbocycles.